The van der Waals surface area contributed by atoms with Crippen molar-refractivity contribution in [1.82, 2.24) is 9.55 Å². The number of fused-ring (bicyclic) bond motifs is 3. The number of hydrogen-bond acceptors (Lipinski definition) is 4. The van der Waals surface area contributed by atoms with Crippen molar-refractivity contribution in [3.63, 3.8) is 0 Å². The van der Waals surface area contributed by atoms with E-state index in [1.165, 1.54) is 21.4 Å². The molecule has 0 fully saturated rings. The zero-order valence-corrected chi connectivity index (χ0v) is 11.4. The molecule has 0 amide bonds. The fourth-order valence-corrected chi connectivity index (χ4v) is 3.82. The van der Waals surface area contributed by atoms with E-state index in [0.717, 1.165) is 29.5 Å². The van der Waals surface area contributed by atoms with Gasteiger partial charge in [-0.15, -0.1) is 11.3 Å². The third kappa shape index (κ3) is 1.85. The lowest BCUT2D eigenvalue weighted by Gasteiger charge is -2.10. The molecule has 0 aliphatic heterocycles. The molecule has 1 aliphatic rings. The molecule has 6 heteroatoms. The molecule has 1 aliphatic carbocycles. The Kier molecular flexibility index (Phi) is 2.91. The van der Waals surface area contributed by atoms with Crippen LogP contribution in [-0.2, 0) is 19.4 Å². The van der Waals surface area contributed by atoms with Crippen LogP contribution in [0.4, 0.5) is 0 Å². The Bertz CT molecular complexity index is 686. The van der Waals surface area contributed by atoms with Gasteiger partial charge in [-0.05, 0) is 31.2 Å². The van der Waals surface area contributed by atoms with Crippen LogP contribution < -0.4 is 11.3 Å². The summed E-state index contributed by atoms with van der Waals surface area (Å²) in [5, 5.41) is 0.786. The van der Waals surface area contributed by atoms with Gasteiger partial charge in [0.15, 0.2) is 0 Å². The van der Waals surface area contributed by atoms with E-state index in [1.54, 1.807) is 17.7 Å². The molecule has 0 unspecified atom stereocenters. The average molecular weight is 279 g/mol. The predicted octanol–water partition coefficient (Wildman–Crippen LogP) is 1.62. The molecular formula is C12H13N3OS2. The first kappa shape index (κ1) is 11.8. The van der Waals surface area contributed by atoms with E-state index < -0.39 is 0 Å². The van der Waals surface area contributed by atoms with Gasteiger partial charge in [-0.2, -0.15) is 0 Å². The monoisotopic (exact) mass is 279 g/mol. The lowest BCUT2D eigenvalue weighted by molar-refractivity contribution is 0.698. The lowest BCUT2D eigenvalue weighted by Crippen LogP contribution is -2.27. The maximum absolute atomic E-state index is 12.4. The van der Waals surface area contributed by atoms with Crippen molar-refractivity contribution in [3.05, 3.63) is 27.1 Å². The topological polar surface area (TPSA) is 60.9 Å². The van der Waals surface area contributed by atoms with Gasteiger partial charge in [-0.25, -0.2) is 4.98 Å². The van der Waals surface area contributed by atoms with Gasteiger partial charge in [-0.1, -0.05) is 12.2 Å². The molecule has 0 aromatic carbocycles. The highest BCUT2D eigenvalue weighted by atomic mass is 32.1. The molecule has 2 aromatic rings. The summed E-state index contributed by atoms with van der Waals surface area (Å²) < 4.78 is 1.51. The minimum Gasteiger partial charge on any atom is -0.392 e. The van der Waals surface area contributed by atoms with E-state index in [1.807, 2.05) is 0 Å². The minimum atomic E-state index is -0.00722. The largest absolute Gasteiger partial charge is 0.392 e. The second-order valence-corrected chi connectivity index (χ2v) is 6.14. The van der Waals surface area contributed by atoms with Crippen LogP contribution in [-0.4, -0.2) is 14.5 Å². The fourth-order valence-electron chi connectivity index (χ4n) is 2.46. The Hall–Kier alpha value is -1.27. The van der Waals surface area contributed by atoms with Crippen molar-refractivity contribution in [1.29, 1.82) is 0 Å². The molecule has 4 nitrogen and oxygen atoms in total. The van der Waals surface area contributed by atoms with E-state index in [0.29, 0.717) is 4.99 Å². The molecule has 2 aromatic heterocycles. The van der Waals surface area contributed by atoms with E-state index in [9.17, 15) is 4.79 Å². The van der Waals surface area contributed by atoms with Crippen LogP contribution >= 0.6 is 23.6 Å². The van der Waals surface area contributed by atoms with Gasteiger partial charge in [0.25, 0.3) is 5.56 Å². The molecule has 0 atom stereocenters. The number of aryl methyl sites for hydroxylation is 2. The number of nitrogens with zero attached hydrogens (tertiary/aromatic N) is 2. The number of thiocarbonyl (C=S) groups is 1. The van der Waals surface area contributed by atoms with Gasteiger partial charge in [0.1, 0.15) is 4.83 Å². The molecule has 2 N–H and O–H groups in total. The van der Waals surface area contributed by atoms with Gasteiger partial charge in [0.2, 0.25) is 0 Å². The molecule has 0 saturated heterocycles. The minimum absolute atomic E-state index is 0.00722. The standard InChI is InChI=1S/C12H13N3OS2/c13-9(17)5-15-6-14-11-10(12(15)16)7-3-1-2-4-8(7)18-11/h6H,1-5H2,(H2,13,17). The Morgan fingerprint density at radius 2 is 2.28 bits per heavy atom. The van der Waals surface area contributed by atoms with Gasteiger partial charge in [0.05, 0.1) is 23.2 Å². The smallest absolute Gasteiger partial charge is 0.262 e. The van der Waals surface area contributed by atoms with Crippen LogP contribution in [0.15, 0.2) is 11.1 Å². The van der Waals surface area contributed by atoms with Crippen LogP contribution in [0.1, 0.15) is 23.3 Å². The maximum Gasteiger partial charge on any atom is 0.262 e. The highest BCUT2D eigenvalue weighted by Crippen LogP contribution is 2.33. The SMILES string of the molecule is NC(=S)Cn1cnc2sc3c(c2c1=O)CCCC3. The summed E-state index contributed by atoms with van der Waals surface area (Å²) in [6.45, 7) is 0.266. The van der Waals surface area contributed by atoms with Crippen LogP contribution in [0.25, 0.3) is 10.2 Å². The summed E-state index contributed by atoms with van der Waals surface area (Å²) in [5.41, 5.74) is 6.69. The van der Waals surface area contributed by atoms with Crippen molar-refractivity contribution < 1.29 is 0 Å². The van der Waals surface area contributed by atoms with Crippen molar-refractivity contribution in [3.8, 4) is 0 Å². The highest BCUT2D eigenvalue weighted by molar-refractivity contribution is 7.80. The van der Waals surface area contributed by atoms with Gasteiger partial charge < -0.3 is 5.73 Å². The number of rotatable bonds is 2. The third-order valence-electron chi connectivity index (χ3n) is 3.27. The molecule has 18 heavy (non-hydrogen) atoms. The zero-order chi connectivity index (χ0) is 12.7. The molecule has 3 rings (SSSR count). The Morgan fingerprint density at radius 1 is 1.50 bits per heavy atom. The first-order chi connectivity index (χ1) is 8.66. The summed E-state index contributed by atoms with van der Waals surface area (Å²) >= 11 is 6.51. The zero-order valence-electron chi connectivity index (χ0n) is 9.81. The molecule has 0 bridgehead atoms. The highest BCUT2D eigenvalue weighted by Gasteiger charge is 2.19. The van der Waals surface area contributed by atoms with Crippen LogP contribution in [0.2, 0.25) is 0 Å². The number of nitrogens with two attached hydrogens (primary N) is 1. The Labute approximate surface area is 113 Å². The summed E-state index contributed by atoms with van der Waals surface area (Å²) in [5.74, 6) is 0. The Morgan fingerprint density at radius 3 is 3.06 bits per heavy atom. The molecular weight excluding hydrogens is 266 g/mol. The Balaban J connectivity index is 2.24. The first-order valence-corrected chi connectivity index (χ1v) is 7.17. The average Bonchev–Trinajstić information content (AvgIpc) is 2.71. The molecule has 0 radical (unpaired) electrons. The second kappa shape index (κ2) is 4.44. The van der Waals surface area contributed by atoms with E-state index in [2.05, 4.69) is 4.98 Å². The molecule has 0 saturated carbocycles. The normalized spacial score (nSPS) is 14.7. The summed E-state index contributed by atoms with van der Waals surface area (Å²) in [6.07, 6.45) is 5.98. The van der Waals surface area contributed by atoms with Gasteiger partial charge in [0, 0.05) is 4.88 Å². The lowest BCUT2D eigenvalue weighted by atomic mass is 9.97. The molecule has 2 heterocycles. The number of aromatic nitrogens is 2. The summed E-state index contributed by atoms with van der Waals surface area (Å²) in [4.78, 5) is 19.3. The van der Waals surface area contributed by atoms with E-state index in [4.69, 9.17) is 18.0 Å². The molecule has 0 spiro atoms. The van der Waals surface area contributed by atoms with Gasteiger partial charge in [-0.3, -0.25) is 9.36 Å². The third-order valence-corrected chi connectivity index (χ3v) is 4.60. The second-order valence-electron chi connectivity index (χ2n) is 4.53. The van der Waals surface area contributed by atoms with Crippen molar-refractivity contribution >= 4 is 38.8 Å². The van der Waals surface area contributed by atoms with Crippen LogP contribution in [0.5, 0.6) is 0 Å². The predicted molar refractivity (Wildman–Crippen MR) is 77.3 cm³/mol. The van der Waals surface area contributed by atoms with Crippen molar-refractivity contribution in [2.24, 2.45) is 5.73 Å². The number of hydrogen-bond donors (Lipinski definition) is 1. The van der Waals surface area contributed by atoms with Crippen LogP contribution in [0.3, 0.4) is 0 Å². The fraction of sp³-hybridized carbons (Fsp3) is 0.417. The van der Waals surface area contributed by atoms with E-state index in [-0.39, 0.29) is 12.1 Å². The number of thiophene rings is 1. The van der Waals surface area contributed by atoms with Gasteiger partial charge >= 0.3 is 0 Å². The summed E-state index contributed by atoms with van der Waals surface area (Å²) in [6, 6.07) is 0. The van der Waals surface area contributed by atoms with Crippen LogP contribution in [0, 0.1) is 0 Å². The first-order valence-electron chi connectivity index (χ1n) is 5.95. The maximum atomic E-state index is 12.4. The van der Waals surface area contributed by atoms with Crippen molar-refractivity contribution in [2.75, 3.05) is 0 Å². The quantitative estimate of drug-likeness (QED) is 0.849. The van der Waals surface area contributed by atoms with E-state index >= 15 is 0 Å². The van der Waals surface area contributed by atoms with Crippen molar-refractivity contribution in [2.45, 2.75) is 32.2 Å². The molecule has 94 valence electrons. The summed E-state index contributed by atoms with van der Waals surface area (Å²) in [7, 11) is 0.